The van der Waals surface area contributed by atoms with Gasteiger partial charge in [0, 0.05) is 24.2 Å². The van der Waals surface area contributed by atoms with Gasteiger partial charge in [-0.15, -0.1) is 0 Å². The fourth-order valence-electron chi connectivity index (χ4n) is 4.73. The summed E-state index contributed by atoms with van der Waals surface area (Å²) in [5.74, 6) is 0.865. The van der Waals surface area contributed by atoms with Crippen molar-refractivity contribution in [3.63, 3.8) is 0 Å². The highest BCUT2D eigenvalue weighted by Crippen LogP contribution is 2.37. The van der Waals surface area contributed by atoms with Crippen LogP contribution in [0.3, 0.4) is 0 Å². The predicted molar refractivity (Wildman–Crippen MR) is 136 cm³/mol. The molecule has 0 unspecified atom stereocenters. The molecular formula is C29H30N2O5. The van der Waals surface area contributed by atoms with Gasteiger partial charge < -0.3 is 19.3 Å². The molecule has 1 atom stereocenters. The molecular weight excluding hydrogens is 456 g/mol. The van der Waals surface area contributed by atoms with Crippen molar-refractivity contribution in [2.45, 2.75) is 38.5 Å². The third kappa shape index (κ3) is 5.45. The Morgan fingerprint density at radius 2 is 1.78 bits per heavy atom. The highest BCUT2D eigenvalue weighted by atomic mass is 16.5. The number of nitrogens with zero attached hydrogens (tertiary/aromatic N) is 2. The summed E-state index contributed by atoms with van der Waals surface area (Å²) in [6.45, 7) is 1.31. The van der Waals surface area contributed by atoms with E-state index in [1.807, 2.05) is 53.4 Å². The molecule has 0 aliphatic carbocycles. The molecule has 0 bridgehead atoms. The summed E-state index contributed by atoms with van der Waals surface area (Å²) in [6, 6.07) is 20.9. The molecule has 4 rings (SSSR count). The molecule has 0 saturated carbocycles. The van der Waals surface area contributed by atoms with Crippen LogP contribution < -0.4 is 14.2 Å². The van der Waals surface area contributed by atoms with Gasteiger partial charge in [-0.1, -0.05) is 55.0 Å². The topological polar surface area (TPSA) is 92.0 Å². The van der Waals surface area contributed by atoms with E-state index in [0.717, 1.165) is 35.1 Å². The Morgan fingerprint density at radius 3 is 2.42 bits per heavy atom. The van der Waals surface area contributed by atoms with Gasteiger partial charge in [0.2, 0.25) is 0 Å². The SMILES string of the molecule is COc1cc(OCc2cccc(-c3ccccc3)c2C#N)cc(OC)c1CN1CCCC[C@H]1C(=O)O. The summed E-state index contributed by atoms with van der Waals surface area (Å²) in [6.07, 6.45) is 2.49. The maximum Gasteiger partial charge on any atom is 0.320 e. The molecule has 1 saturated heterocycles. The van der Waals surface area contributed by atoms with Gasteiger partial charge >= 0.3 is 5.97 Å². The lowest BCUT2D eigenvalue weighted by molar-refractivity contribution is -0.144. The quantitative estimate of drug-likeness (QED) is 0.441. The monoisotopic (exact) mass is 486 g/mol. The van der Waals surface area contributed by atoms with E-state index in [0.29, 0.717) is 42.3 Å². The summed E-state index contributed by atoms with van der Waals surface area (Å²) >= 11 is 0. The van der Waals surface area contributed by atoms with Crippen LogP contribution in [0.15, 0.2) is 60.7 Å². The fourth-order valence-corrected chi connectivity index (χ4v) is 4.73. The summed E-state index contributed by atoms with van der Waals surface area (Å²) in [4.78, 5) is 13.7. The molecule has 3 aromatic rings. The maximum atomic E-state index is 11.8. The molecule has 0 radical (unpaired) electrons. The highest BCUT2D eigenvalue weighted by molar-refractivity contribution is 5.74. The van der Waals surface area contributed by atoms with Gasteiger partial charge in [-0.2, -0.15) is 5.26 Å². The number of hydrogen-bond donors (Lipinski definition) is 1. The minimum absolute atomic E-state index is 0.197. The standard InChI is InChI=1S/C29H30N2O5/c1-34-27-15-22(16-28(35-2)25(27)18-31-14-7-6-13-26(31)29(32)33)36-19-21-11-8-12-23(24(21)17-30)20-9-4-3-5-10-20/h3-5,8-12,15-16,26H,6-7,13-14,18-19H2,1-2H3,(H,32,33)/t26-/m0/s1. The molecule has 7 nitrogen and oxygen atoms in total. The zero-order valence-corrected chi connectivity index (χ0v) is 20.6. The number of aliphatic carboxylic acids is 1. The first-order chi connectivity index (χ1) is 17.5. The largest absolute Gasteiger partial charge is 0.496 e. The Hall–Kier alpha value is -4.02. The van der Waals surface area contributed by atoms with Gasteiger partial charge in [-0.3, -0.25) is 9.69 Å². The zero-order valence-electron chi connectivity index (χ0n) is 20.6. The number of rotatable bonds is 9. The van der Waals surface area contributed by atoms with Gasteiger partial charge in [-0.25, -0.2) is 0 Å². The third-order valence-electron chi connectivity index (χ3n) is 6.58. The van der Waals surface area contributed by atoms with Crippen LogP contribution in [-0.4, -0.2) is 42.8 Å². The van der Waals surface area contributed by atoms with E-state index in [9.17, 15) is 15.2 Å². The third-order valence-corrected chi connectivity index (χ3v) is 6.58. The van der Waals surface area contributed by atoms with Crippen LogP contribution in [0.4, 0.5) is 0 Å². The van der Waals surface area contributed by atoms with Crippen molar-refractivity contribution in [3.05, 3.63) is 77.4 Å². The van der Waals surface area contributed by atoms with Crippen LogP contribution in [-0.2, 0) is 17.9 Å². The van der Waals surface area contributed by atoms with E-state index >= 15 is 0 Å². The summed E-state index contributed by atoms with van der Waals surface area (Å²) in [5, 5.41) is 19.5. The van der Waals surface area contributed by atoms with Crippen molar-refractivity contribution in [1.82, 2.24) is 4.90 Å². The summed E-state index contributed by atoms with van der Waals surface area (Å²) in [7, 11) is 3.15. The van der Waals surface area contributed by atoms with E-state index in [1.54, 1.807) is 26.4 Å². The molecule has 7 heteroatoms. The molecule has 1 aliphatic rings. The van der Waals surface area contributed by atoms with Crippen LogP contribution in [0, 0.1) is 11.3 Å². The lowest BCUT2D eigenvalue weighted by Crippen LogP contribution is -2.44. The number of likely N-dealkylation sites (tertiary alicyclic amines) is 1. The van der Waals surface area contributed by atoms with Crippen molar-refractivity contribution in [2.24, 2.45) is 0 Å². The summed E-state index contributed by atoms with van der Waals surface area (Å²) in [5.41, 5.74) is 3.96. The second-order valence-corrected chi connectivity index (χ2v) is 8.73. The number of carboxylic acid groups (broad SMARTS) is 1. The van der Waals surface area contributed by atoms with Crippen molar-refractivity contribution >= 4 is 5.97 Å². The van der Waals surface area contributed by atoms with E-state index in [4.69, 9.17) is 14.2 Å². The number of piperidine rings is 1. The van der Waals surface area contributed by atoms with E-state index in [2.05, 4.69) is 6.07 Å². The van der Waals surface area contributed by atoms with Crippen molar-refractivity contribution in [2.75, 3.05) is 20.8 Å². The lowest BCUT2D eigenvalue weighted by atomic mass is 9.96. The Bertz CT molecular complexity index is 1230. The molecule has 0 aromatic heterocycles. The molecule has 0 amide bonds. The van der Waals surface area contributed by atoms with Crippen molar-refractivity contribution in [3.8, 4) is 34.4 Å². The highest BCUT2D eigenvalue weighted by Gasteiger charge is 2.30. The Morgan fingerprint density at radius 1 is 1.06 bits per heavy atom. The Labute approximate surface area is 211 Å². The predicted octanol–water partition coefficient (Wildman–Crippen LogP) is 5.26. The first-order valence-corrected chi connectivity index (χ1v) is 12.0. The molecule has 186 valence electrons. The number of methoxy groups -OCH3 is 2. The minimum atomic E-state index is -0.807. The molecule has 36 heavy (non-hydrogen) atoms. The normalized spacial score (nSPS) is 15.6. The number of carbonyl (C=O) groups is 1. The van der Waals surface area contributed by atoms with Crippen molar-refractivity contribution in [1.29, 1.82) is 5.26 Å². The first-order valence-electron chi connectivity index (χ1n) is 12.0. The Kier molecular flexibility index (Phi) is 8.09. The van der Waals surface area contributed by atoms with Crippen LogP contribution >= 0.6 is 0 Å². The van der Waals surface area contributed by atoms with E-state index in [-0.39, 0.29) is 6.61 Å². The van der Waals surface area contributed by atoms with Gasteiger partial charge in [-0.05, 0) is 30.5 Å². The molecule has 0 spiro atoms. The molecule has 3 aromatic carbocycles. The fraction of sp³-hybridized carbons (Fsp3) is 0.310. The van der Waals surface area contributed by atoms with Crippen LogP contribution in [0.2, 0.25) is 0 Å². The van der Waals surface area contributed by atoms with Gasteiger partial charge in [0.25, 0.3) is 0 Å². The van der Waals surface area contributed by atoms with Crippen LogP contribution in [0.25, 0.3) is 11.1 Å². The second kappa shape index (κ2) is 11.6. The van der Waals surface area contributed by atoms with Crippen LogP contribution in [0.1, 0.15) is 36.0 Å². The number of nitriles is 1. The zero-order chi connectivity index (χ0) is 25.5. The van der Waals surface area contributed by atoms with Gasteiger partial charge in [0.15, 0.2) is 0 Å². The van der Waals surface area contributed by atoms with Gasteiger partial charge in [0.05, 0.1) is 25.3 Å². The second-order valence-electron chi connectivity index (χ2n) is 8.73. The minimum Gasteiger partial charge on any atom is -0.496 e. The average Bonchev–Trinajstić information content (AvgIpc) is 2.92. The first kappa shape index (κ1) is 25.1. The van der Waals surface area contributed by atoms with Crippen LogP contribution in [0.5, 0.6) is 17.2 Å². The smallest absolute Gasteiger partial charge is 0.320 e. The lowest BCUT2D eigenvalue weighted by Gasteiger charge is -2.33. The molecule has 1 aliphatic heterocycles. The molecule has 1 heterocycles. The van der Waals surface area contributed by atoms with Crippen molar-refractivity contribution < 1.29 is 24.1 Å². The van der Waals surface area contributed by atoms with E-state index < -0.39 is 12.0 Å². The number of hydrogen-bond acceptors (Lipinski definition) is 6. The number of benzene rings is 3. The Balaban J connectivity index is 1.58. The summed E-state index contributed by atoms with van der Waals surface area (Å²) < 4.78 is 17.4. The molecule has 1 fully saturated rings. The maximum absolute atomic E-state index is 11.8. The average molecular weight is 487 g/mol. The van der Waals surface area contributed by atoms with Gasteiger partial charge in [0.1, 0.15) is 36.0 Å². The molecule has 1 N–H and O–H groups in total. The number of ether oxygens (including phenoxy) is 3. The number of carboxylic acids is 1. The van der Waals surface area contributed by atoms with E-state index in [1.165, 1.54) is 0 Å².